The van der Waals surface area contributed by atoms with Gasteiger partial charge in [0.15, 0.2) is 0 Å². The van der Waals surface area contributed by atoms with E-state index < -0.39 is 0 Å². The summed E-state index contributed by atoms with van der Waals surface area (Å²) in [6.45, 7) is 0. The van der Waals surface area contributed by atoms with Gasteiger partial charge in [-0.1, -0.05) is 30.3 Å². The number of benzene rings is 4. The second-order valence-corrected chi connectivity index (χ2v) is 8.37. The van der Waals surface area contributed by atoms with Crippen LogP contribution in [0.3, 0.4) is 0 Å². The Balaban J connectivity index is 1.51. The van der Waals surface area contributed by atoms with Crippen LogP contribution in [-0.4, -0.2) is 21.3 Å². The number of methoxy groups -OCH3 is 3. The second-order valence-electron chi connectivity index (χ2n) is 8.37. The van der Waals surface area contributed by atoms with Crippen molar-refractivity contribution < 1.29 is 23.4 Å². The SMILES string of the molecule is COc1cccc(-c2cccc3oc4ccc5c(c4c23)C=CC(c2ccc(OC)cc2OC)O5)c1. The summed E-state index contributed by atoms with van der Waals surface area (Å²) in [6, 6.07) is 23.9. The summed E-state index contributed by atoms with van der Waals surface area (Å²) in [4.78, 5) is 0. The molecular weight excluding hydrogens is 440 g/mol. The van der Waals surface area contributed by atoms with E-state index >= 15 is 0 Å². The highest BCUT2D eigenvalue weighted by molar-refractivity contribution is 6.16. The van der Waals surface area contributed by atoms with Crippen LogP contribution in [0.15, 0.2) is 83.3 Å². The third-order valence-corrected chi connectivity index (χ3v) is 6.48. The molecule has 1 aliphatic rings. The van der Waals surface area contributed by atoms with Crippen molar-refractivity contribution in [1.82, 2.24) is 0 Å². The molecule has 5 heteroatoms. The minimum atomic E-state index is -0.281. The molecule has 4 aromatic carbocycles. The van der Waals surface area contributed by atoms with Gasteiger partial charge in [0.1, 0.15) is 40.3 Å². The van der Waals surface area contributed by atoms with E-state index in [1.165, 1.54) is 0 Å². The van der Waals surface area contributed by atoms with Gasteiger partial charge in [0.05, 0.1) is 21.3 Å². The molecule has 0 saturated heterocycles. The molecule has 5 aromatic rings. The predicted octanol–water partition coefficient (Wildman–Crippen LogP) is 7.43. The zero-order chi connectivity index (χ0) is 23.9. The van der Waals surface area contributed by atoms with E-state index in [4.69, 9.17) is 23.4 Å². The zero-order valence-electron chi connectivity index (χ0n) is 19.7. The van der Waals surface area contributed by atoms with Gasteiger partial charge in [-0.05, 0) is 59.7 Å². The first-order valence-corrected chi connectivity index (χ1v) is 11.4. The summed E-state index contributed by atoms with van der Waals surface area (Å²) in [5.74, 6) is 3.07. The number of fused-ring (bicyclic) bond motifs is 5. The number of ether oxygens (including phenoxy) is 4. The van der Waals surface area contributed by atoms with Crippen molar-refractivity contribution in [3.05, 3.63) is 90.0 Å². The number of hydrogen-bond acceptors (Lipinski definition) is 5. The van der Waals surface area contributed by atoms with Gasteiger partial charge >= 0.3 is 0 Å². The Bertz CT molecular complexity index is 1590. The van der Waals surface area contributed by atoms with Crippen molar-refractivity contribution in [3.8, 4) is 34.1 Å². The molecule has 0 N–H and O–H groups in total. The van der Waals surface area contributed by atoms with Gasteiger partial charge in [-0.25, -0.2) is 0 Å². The van der Waals surface area contributed by atoms with Crippen LogP contribution in [0.25, 0.3) is 39.1 Å². The van der Waals surface area contributed by atoms with Crippen LogP contribution in [0, 0.1) is 0 Å². The standard InChI is InChI=1S/C30H24O5/c1-31-19-7-4-6-18(16-19)21-8-5-9-26-29(21)30-23-12-13-24(34-25(23)14-15-27(30)35-26)22-11-10-20(32-2)17-28(22)33-3/h4-17,24H,1-3H3. The van der Waals surface area contributed by atoms with Crippen molar-refractivity contribution >= 4 is 28.0 Å². The Morgan fingerprint density at radius 2 is 1.51 bits per heavy atom. The molecule has 1 aliphatic heterocycles. The molecule has 5 nitrogen and oxygen atoms in total. The van der Waals surface area contributed by atoms with Crippen LogP contribution in [0.5, 0.6) is 23.0 Å². The first kappa shape index (κ1) is 21.2. The summed E-state index contributed by atoms with van der Waals surface area (Å²) in [7, 11) is 4.97. The third-order valence-electron chi connectivity index (χ3n) is 6.48. The van der Waals surface area contributed by atoms with Gasteiger partial charge in [-0.2, -0.15) is 0 Å². The Kier molecular flexibility index (Phi) is 5.10. The van der Waals surface area contributed by atoms with Crippen molar-refractivity contribution in [3.63, 3.8) is 0 Å². The minimum absolute atomic E-state index is 0.281. The number of hydrogen-bond donors (Lipinski definition) is 0. The monoisotopic (exact) mass is 464 g/mol. The molecule has 1 atom stereocenters. The molecule has 0 aliphatic carbocycles. The van der Waals surface area contributed by atoms with Crippen LogP contribution in [0.4, 0.5) is 0 Å². The molecule has 1 unspecified atom stereocenters. The van der Waals surface area contributed by atoms with Crippen LogP contribution >= 0.6 is 0 Å². The van der Waals surface area contributed by atoms with Gasteiger partial charge in [-0.3, -0.25) is 0 Å². The summed E-state index contributed by atoms with van der Waals surface area (Å²) in [5, 5.41) is 2.09. The first-order chi connectivity index (χ1) is 17.2. The summed E-state index contributed by atoms with van der Waals surface area (Å²) in [6.07, 6.45) is 3.89. The molecule has 0 fully saturated rings. The maximum Gasteiger partial charge on any atom is 0.146 e. The predicted molar refractivity (Wildman–Crippen MR) is 138 cm³/mol. The molecule has 2 heterocycles. The normalized spacial score (nSPS) is 14.5. The number of furan rings is 1. The van der Waals surface area contributed by atoms with Crippen molar-refractivity contribution in [2.75, 3.05) is 21.3 Å². The maximum absolute atomic E-state index is 6.47. The molecule has 174 valence electrons. The lowest BCUT2D eigenvalue weighted by molar-refractivity contribution is 0.245. The minimum Gasteiger partial charge on any atom is -0.497 e. The Morgan fingerprint density at radius 3 is 2.34 bits per heavy atom. The quantitative estimate of drug-likeness (QED) is 0.271. The molecule has 0 spiro atoms. The van der Waals surface area contributed by atoms with Gasteiger partial charge in [0, 0.05) is 28.0 Å². The Hall–Kier alpha value is -4.38. The van der Waals surface area contributed by atoms with E-state index in [0.717, 1.165) is 67.2 Å². The smallest absolute Gasteiger partial charge is 0.146 e. The van der Waals surface area contributed by atoms with Crippen molar-refractivity contribution in [1.29, 1.82) is 0 Å². The lowest BCUT2D eigenvalue weighted by atomic mass is 9.95. The van der Waals surface area contributed by atoms with Crippen LogP contribution < -0.4 is 18.9 Å². The van der Waals surface area contributed by atoms with E-state index in [1.54, 1.807) is 21.3 Å². The van der Waals surface area contributed by atoms with Crippen molar-refractivity contribution in [2.45, 2.75) is 6.10 Å². The third kappa shape index (κ3) is 3.48. The highest BCUT2D eigenvalue weighted by Gasteiger charge is 2.24. The van der Waals surface area contributed by atoms with Gasteiger partial charge in [0.2, 0.25) is 0 Å². The van der Waals surface area contributed by atoms with E-state index in [1.807, 2.05) is 60.7 Å². The fraction of sp³-hybridized carbons (Fsp3) is 0.133. The summed E-state index contributed by atoms with van der Waals surface area (Å²) in [5.41, 5.74) is 5.74. The molecule has 1 aromatic heterocycles. The Labute approximate surface area is 203 Å². The highest BCUT2D eigenvalue weighted by Crippen LogP contribution is 2.45. The van der Waals surface area contributed by atoms with Gasteiger partial charge < -0.3 is 23.4 Å². The first-order valence-electron chi connectivity index (χ1n) is 11.4. The fourth-order valence-electron chi connectivity index (χ4n) is 4.80. The maximum atomic E-state index is 6.47. The van der Waals surface area contributed by atoms with E-state index in [0.29, 0.717) is 0 Å². The molecular formula is C30H24O5. The molecule has 35 heavy (non-hydrogen) atoms. The zero-order valence-corrected chi connectivity index (χ0v) is 19.7. The lowest BCUT2D eigenvalue weighted by Crippen LogP contribution is -2.10. The van der Waals surface area contributed by atoms with Crippen LogP contribution in [0.1, 0.15) is 17.2 Å². The van der Waals surface area contributed by atoms with E-state index in [9.17, 15) is 0 Å². The number of rotatable bonds is 5. The molecule has 6 rings (SSSR count). The van der Waals surface area contributed by atoms with Gasteiger partial charge in [0.25, 0.3) is 0 Å². The highest BCUT2D eigenvalue weighted by atomic mass is 16.5. The van der Waals surface area contributed by atoms with Crippen molar-refractivity contribution in [2.24, 2.45) is 0 Å². The molecule has 0 amide bonds. The van der Waals surface area contributed by atoms with Crippen LogP contribution in [0.2, 0.25) is 0 Å². The average molecular weight is 465 g/mol. The van der Waals surface area contributed by atoms with E-state index in [2.05, 4.69) is 24.3 Å². The lowest BCUT2D eigenvalue weighted by Gasteiger charge is -2.24. The topological polar surface area (TPSA) is 50.1 Å². The summed E-state index contributed by atoms with van der Waals surface area (Å²) < 4.78 is 29.1. The molecule has 0 bridgehead atoms. The molecule has 0 radical (unpaired) electrons. The largest absolute Gasteiger partial charge is 0.497 e. The average Bonchev–Trinajstić information content (AvgIpc) is 3.31. The van der Waals surface area contributed by atoms with Gasteiger partial charge in [-0.15, -0.1) is 0 Å². The fourth-order valence-corrected chi connectivity index (χ4v) is 4.80. The van der Waals surface area contributed by atoms with E-state index in [-0.39, 0.29) is 6.10 Å². The Morgan fingerprint density at radius 1 is 0.714 bits per heavy atom. The summed E-state index contributed by atoms with van der Waals surface area (Å²) >= 11 is 0. The second kappa shape index (κ2) is 8.44. The molecule has 0 saturated carbocycles. The van der Waals surface area contributed by atoms with Crippen LogP contribution in [-0.2, 0) is 0 Å².